The molecular formula is C21H23F3N2O2. The summed E-state index contributed by atoms with van der Waals surface area (Å²) < 4.78 is 43.1. The third-order valence-electron chi connectivity index (χ3n) is 4.70. The monoisotopic (exact) mass is 392 g/mol. The molecule has 7 heteroatoms. The van der Waals surface area contributed by atoms with Gasteiger partial charge in [-0.3, -0.25) is 9.69 Å². The van der Waals surface area contributed by atoms with Crippen molar-refractivity contribution in [3.8, 4) is 0 Å². The summed E-state index contributed by atoms with van der Waals surface area (Å²) in [7, 11) is 0. The first kappa shape index (κ1) is 20.4. The zero-order valence-corrected chi connectivity index (χ0v) is 15.5. The summed E-state index contributed by atoms with van der Waals surface area (Å²) >= 11 is 0. The van der Waals surface area contributed by atoms with E-state index in [0.29, 0.717) is 11.3 Å². The van der Waals surface area contributed by atoms with Crippen LogP contribution in [0.15, 0.2) is 48.5 Å². The molecule has 1 heterocycles. The lowest BCUT2D eigenvalue weighted by molar-refractivity contribution is -0.137. The predicted molar refractivity (Wildman–Crippen MR) is 101 cm³/mol. The average Bonchev–Trinajstić information content (AvgIpc) is 2.68. The fourth-order valence-electron chi connectivity index (χ4n) is 3.07. The molecule has 1 saturated heterocycles. The number of alkyl halides is 3. The topological polar surface area (TPSA) is 41.6 Å². The number of nitrogens with one attached hydrogen (secondary N) is 1. The van der Waals surface area contributed by atoms with Crippen LogP contribution in [0.5, 0.6) is 0 Å². The van der Waals surface area contributed by atoms with Crippen molar-refractivity contribution in [2.75, 3.05) is 38.2 Å². The lowest BCUT2D eigenvalue weighted by Crippen LogP contribution is -2.37. The lowest BCUT2D eigenvalue weighted by atomic mass is 10.1. The van der Waals surface area contributed by atoms with E-state index in [1.807, 2.05) is 24.3 Å². The molecule has 0 unspecified atom stereocenters. The number of ether oxygens (including phenoxy) is 1. The van der Waals surface area contributed by atoms with E-state index in [1.54, 1.807) is 0 Å². The van der Waals surface area contributed by atoms with Crippen LogP contribution in [0.3, 0.4) is 0 Å². The summed E-state index contributed by atoms with van der Waals surface area (Å²) in [5, 5.41) is 2.78. The molecule has 0 saturated carbocycles. The molecule has 0 bridgehead atoms. The molecule has 4 nitrogen and oxygen atoms in total. The van der Waals surface area contributed by atoms with Gasteiger partial charge >= 0.3 is 6.18 Å². The van der Waals surface area contributed by atoms with Crippen LogP contribution in [0.4, 0.5) is 18.9 Å². The zero-order chi connectivity index (χ0) is 20.0. The minimum Gasteiger partial charge on any atom is -0.379 e. The Kier molecular flexibility index (Phi) is 6.70. The van der Waals surface area contributed by atoms with E-state index in [2.05, 4.69) is 10.2 Å². The van der Waals surface area contributed by atoms with Crippen LogP contribution in [0.1, 0.15) is 16.7 Å². The van der Waals surface area contributed by atoms with Crippen molar-refractivity contribution < 1.29 is 22.7 Å². The summed E-state index contributed by atoms with van der Waals surface area (Å²) in [4.78, 5) is 14.5. The molecule has 1 aliphatic heterocycles. The van der Waals surface area contributed by atoms with Crippen molar-refractivity contribution >= 4 is 11.6 Å². The van der Waals surface area contributed by atoms with Crippen molar-refractivity contribution in [1.29, 1.82) is 0 Å². The Morgan fingerprint density at radius 2 is 1.57 bits per heavy atom. The predicted octanol–water partition coefficient (Wildman–Crippen LogP) is 3.76. The van der Waals surface area contributed by atoms with Gasteiger partial charge in [-0.2, -0.15) is 13.2 Å². The molecule has 0 aromatic heterocycles. The molecule has 0 spiro atoms. The summed E-state index contributed by atoms with van der Waals surface area (Å²) in [5.74, 6) is -0.263. The molecule has 28 heavy (non-hydrogen) atoms. The van der Waals surface area contributed by atoms with Crippen LogP contribution in [-0.4, -0.2) is 43.7 Å². The third-order valence-corrected chi connectivity index (χ3v) is 4.70. The van der Waals surface area contributed by atoms with Gasteiger partial charge in [0.15, 0.2) is 0 Å². The number of halogens is 3. The molecular weight excluding hydrogens is 369 g/mol. The molecule has 0 radical (unpaired) electrons. The quantitative estimate of drug-likeness (QED) is 0.814. The number of amides is 1. The number of carbonyl (C=O) groups is 1. The SMILES string of the molecule is O=C(Cc1ccc(C(F)(F)F)cc1)Nc1ccc(CCN2CCOCC2)cc1. The number of rotatable bonds is 6. The smallest absolute Gasteiger partial charge is 0.379 e. The van der Waals surface area contributed by atoms with E-state index in [1.165, 1.54) is 17.7 Å². The highest BCUT2D eigenvalue weighted by Gasteiger charge is 2.29. The van der Waals surface area contributed by atoms with E-state index >= 15 is 0 Å². The van der Waals surface area contributed by atoms with Crippen LogP contribution in [0, 0.1) is 0 Å². The Morgan fingerprint density at radius 1 is 0.964 bits per heavy atom. The van der Waals surface area contributed by atoms with Crippen LogP contribution < -0.4 is 5.32 Å². The second-order valence-electron chi connectivity index (χ2n) is 6.82. The van der Waals surface area contributed by atoms with Crippen LogP contribution >= 0.6 is 0 Å². The fourth-order valence-corrected chi connectivity index (χ4v) is 3.07. The molecule has 2 aromatic carbocycles. The van der Waals surface area contributed by atoms with E-state index < -0.39 is 11.7 Å². The summed E-state index contributed by atoms with van der Waals surface area (Å²) in [6.45, 7) is 4.45. The van der Waals surface area contributed by atoms with Crippen molar-refractivity contribution in [2.24, 2.45) is 0 Å². The van der Waals surface area contributed by atoms with Gasteiger partial charge in [0.2, 0.25) is 5.91 Å². The van der Waals surface area contributed by atoms with Gasteiger partial charge in [0.25, 0.3) is 0 Å². The number of morpholine rings is 1. The first-order valence-corrected chi connectivity index (χ1v) is 9.25. The highest BCUT2D eigenvalue weighted by atomic mass is 19.4. The number of hydrogen-bond donors (Lipinski definition) is 1. The van der Waals surface area contributed by atoms with Crippen molar-refractivity contribution in [1.82, 2.24) is 4.90 Å². The highest BCUT2D eigenvalue weighted by Crippen LogP contribution is 2.29. The Bertz CT molecular complexity index is 768. The van der Waals surface area contributed by atoms with Crippen LogP contribution in [0.25, 0.3) is 0 Å². The molecule has 1 aliphatic rings. The third kappa shape index (κ3) is 6.07. The number of anilines is 1. The van der Waals surface area contributed by atoms with Gasteiger partial charge in [0.05, 0.1) is 25.2 Å². The van der Waals surface area contributed by atoms with E-state index in [0.717, 1.165) is 51.4 Å². The molecule has 1 fully saturated rings. The molecule has 0 aliphatic carbocycles. The summed E-state index contributed by atoms with van der Waals surface area (Å²) in [6, 6.07) is 12.3. The molecule has 1 amide bonds. The second kappa shape index (κ2) is 9.21. The zero-order valence-electron chi connectivity index (χ0n) is 15.5. The molecule has 3 rings (SSSR count). The first-order valence-electron chi connectivity index (χ1n) is 9.25. The van der Waals surface area contributed by atoms with Crippen molar-refractivity contribution in [2.45, 2.75) is 19.0 Å². The highest BCUT2D eigenvalue weighted by molar-refractivity contribution is 5.92. The number of hydrogen-bond acceptors (Lipinski definition) is 3. The van der Waals surface area contributed by atoms with Gasteiger partial charge in [-0.1, -0.05) is 24.3 Å². The Hall–Kier alpha value is -2.38. The normalized spacial score (nSPS) is 15.4. The summed E-state index contributed by atoms with van der Waals surface area (Å²) in [6.07, 6.45) is -3.42. The standard InChI is InChI=1S/C21H23F3N2O2/c22-21(23,24)18-5-1-17(2-6-18)15-20(27)25-19-7-3-16(4-8-19)9-10-26-11-13-28-14-12-26/h1-8H,9-15H2,(H,25,27). The van der Waals surface area contributed by atoms with Gasteiger partial charge in [-0.05, 0) is 41.8 Å². The Morgan fingerprint density at radius 3 is 2.18 bits per heavy atom. The molecule has 150 valence electrons. The van der Waals surface area contributed by atoms with Crippen molar-refractivity contribution in [3.05, 3.63) is 65.2 Å². The van der Waals surface area contributed by atoms with Gasteiger partial charge in [0, 0.05) is 25.3 Å². The lowest BCUT2D eigenvalue weighted by Gasteiger charge is -2.26. The Labute approximate surface area is 162 Å². The van der Waals surface area contributed by atoms with Gasteiger partial charge in [-0.15, -0.1) is 0 Å². The minimum atomic E-state index is -4.37. The maximum Gasteiger partial charge on any atom is 0.416 e. The number of carbonyl (C=O) groups excluding carboxylic acids is 1. The summed E-state index contributed by atoms with van der Waals surface area (Å²) in [5.41, 5.74) is 1.68. The van der Waals surface area contributed by atoms with Crippen LogP contribution in [-0.2, 0) is 28.5 Å². The van der Waals surface area contributed by atoms with E-state index in [9.17, 15) is 18.0 Å². The maximum absolute atomic E-state index is 12.6. The van der Waals surface area contributed by atoms with Crippen molar-refractivity contribution in [3.63, 3.8) is 0 Å². The minimum absolute atomic E-state index is 0.0247. The average molecular weight is 392 g/mol. The van der Waals surface area contributed by atoms with Gasteiger partial charge in [-0.25, -0.2) is 0 Å². The van der Waals surface area contributed by atoms with E-state index in [-0.39, 0.29) is 12.3 Å². The second-order valence-corrected chi connectivity index (χ2v) is 6.82. The van der Waals surface area contributed by atoms with E-state index in [4.69, 9.17) is 4.74 Å². The van der Waals surface area contributed by atoms with Crippen LogP contribution in [0.2, 0.25) is 0 Å². The fraction of sp³-hybridized carbons (Fsp3) is 0.381. The largest absolute Gasteiger partial charge is 0.416 e. The maximum atomic E-state index is 12.6. The van der Waals surface area contributed by atoms with Gasteiger partial charge < -0.3 is 10.1 Å². The molecule has 2 aromatic rings. The number of nitrogens with zero attached hydrogens (tertiary/aromatic N) is 1. The first-order chi connectivity index (χ1) is 13.4. The van der Waals surface area contributed by atoms with Gasteiger partial charge in [0.1, 0.15) is 0 Å². The molecule has 0 atom stereocenters. The number of benzene rings is 2. The molecule has 1 N–H and O–H groups in total. The Balaban J connectivity index is 1.47.